The lowest BCUT2D eigenvalue weighted by molar-refractivity contribution is 0.327. The van der Waals surface area contributed by atoms with Crippen LogP contribution in [-0.4, -0.2) is 24.7 Å². The zero-order chi connectivity index (χ0) is 12.9. The van der Waals surface area contributed by atoms with Gasteiger partial charge in [0.1, 0.15) is 5.82 Å². The zero-order valence-corrected chi connectivity index (χ0v) is 11.2. The van der Waals surface area contributed by atoms with Crippen LogP contribution in [-0.2, 0) is 0 Å². The second-order valence-corrected chi connectivity index (χ2v) is 5.21. The average Bonchev–Trinajstić information content (AvgIpc) is 2.27. The molecule has 0 amide bonds. The summed E-state index contributed by atoms with van der Waals surface area (Å²) < 4.78 is 5.11. The van der Waals surface area contributed by atoms with Crippen LogP contribution < -0.4 is 15.8 Å². The third-order valence-corrected chi connectivity index (χ3v) is 2.76. The summed E-state index contributed by atoms with van der Waals surface area (Å²) in [6, 6.07) is 6.00. The van der Waals surface area contributed by atoms with Crippen molar-refractivity contribution in [1.29, 1.82) is 0 Å². The van der Waals surface area contributed by atoms with Crippen molar-refractivity contribution >= 4 is 5.82 Å². The summed E-state index contributed by atoms with van der Waals surface area (Å²) in [4.78, 5) is 4.35. The van der Waals surface area contributed by atoms with Gasteiger partial charge in [0.2, 0.25) is 5.88 Å². The van der Waals surface area contributed by atoms with Crippen LogP contribution in [0.25, 0.3) is 0 Å². The van der Waals surface area contributed by atoms with Gasteiger partial charge < -0.3 is 15.8 Å². The highest BCUT2D eigenvalue weighted by atomic mass is 16.5. The summed E-state index contributed by atoms with van der Waals surface area (Å²) in [5.41, 5.74) is 5.79. The van der Waals surface area contributed by atoms with Crippen molar-refractivity contribution in [2.24, 2.45) is 11.1 Å². The van der Waals surface area contributed by atoms with Gasteiger partial charge in [-0.2, -0.15) is 4.98 Å². The van der Waals surface area contributed by atoms with Gasteiger partial charge in [-0.3, -0.25) is 0 Å². The van der Waals surface area contributed by atoms with Gasteiger partial charge in [-0.1, -0.05) is 26.8 Å². The van der Waals surface area contributed by atoms with Gasteiger partial charge >= 0.3 is 0 Å². The van der Waals surface area contributed by atoms with Gasteiger partial charge in [-0.05, 0) is 24.4 Å². The fourth-order valence-corrected chi connectivity index (χ4v) is 1.68. The number of nitrogens with one attached hydrogen (secondary N) is 1. The van der Waals surface area contributed by atoms with E-state index in [-0.39, 0.29) is 5.41 Å². The Hall–Kier alpha value is -1.29. The Morgan fingerprint density at radius 1 is 1.41 bits per heavy atom. The lowest BCUT2D eigenvalue weighted by Gasteiger charge is -2.31. The molecule has 17 heavy (non-hydrogen) atoms. The summed E-state index contributed by atoms with van der Waals surface area (Å²) in [5.74, 6) is 1.45. The summed E-state index contributed by atoms with van der Waals surface area (Å²) in [6.45, 7) is 7.25. The van der Waals surface area contributed by atoms with Crippen molar-refractivity contribution in [3.05, 3.63) is 18.2 Å². The van der Waals surface area contributed by atoms with Crippen LogP contribution in [0.1, 0.15) is 27.2 Å². The molecule has 3 N–H and O–H groups in total. The molecule has 0 bridgehead atoms. The Morgan fingerprint density at radius 3 is 2.65 bits per heavy atom. The molecule has 4 nitrogen and oxygen atoms in total. The molecule has 1 rings (SSSR count). The molecule has 0 fully saturated rings. The Balaban J connectivity index is 2.78. The molecule has 0 saturated heterocycles. The fourth-order valence-electron chi connectivity index (χ4n) is 1.68. The highest BCUT2D eigenvalue weighted by molar-refractivity contribution is 5.38. The molecule has 4 heteroatoms. The molecule has 1 aromatic heterocycles. The van der Waals surface area contributed by atoms with E-state index < -0.39 is 0 Å². The number of hydrogen-bond acceptors (Lipinski definition) is 4. The van der Waals surface area contributed by atoms with Crippen molar-refractivity contribution in [3.63, 3.8) is 0 Å². The molecule has 0 aromatic carbocycles. The van der Waals surface area contributed by atoms with Crippen LogP contribution in [0.4, 0.5) is 5.82 Å². The first-order valence-electron chi connectivity index (χ1n) is 5.95. The minimum Gasteiger partial charge on any atom is -0.481 e. The molecule has 96 valence electrons. The third-order valence-electron chi connectivity index (χ3n) is 2.76. The standard InChI is InChI=1S/C13H23N3O/c1-13(2,3)10(8-9-14)15-11-6-5-7-12(16-11)17-4/h5-7,10H,8-9,14H2,1-4H3,(H,15,16). The van der Waals surface area contributed by atoms with Gasteiger partial charge in [-0.25, -0.2) is 0 Å². The number of aromatic nitrogens is 1. The predicted octanol–water partition coefficient (Wildman–Crippen LogP) is 2.27. The summed E-state index contributed by atoms with van der Waals surface area (Å²) >= 11 is 0. The zero-order valence-electron chi connectivity index (χ0n) is 11.2. The topological polar surface area (TPSA) is 60.2 Å². The summed E-state index contributed by atoms with van der Waals surface area (Å²) in [6.07, 6.45) is 0.919. The predicted molar refractivity (Wildman–Crippen MR) is 71.3 cm³/mol. The average molecular weight is 237 g/mol. The van der Waals surface area contributed by atoms with Crippen molar-refractivity contribution < 1.29 is 4.74 Å². The van der Waals surface area contributed by atoms with Crippen LogP contribution in [0.3, 0.4) is 0 Å². The van der Waals surface area contributed by atoms with Crippen molar-refractivity contribution in [2.45, 2.75) is 33.2 Å². The molecule has 1 aromatic rings. The van der Waals surface area contributed by atoms with Crippen molar-refractivity contribution in [1.82, 2.24) is 4.98 Å². The number of nitrogens with zero attached hydrogens (tertiary/aromatic N) is 1. The van der Waals surface area contributed by atoms with E-state index in [4.69, 9.17) is 10.5 Å². The van der Waals surface area contributed by atoms with Crippen LogP contribution in [0.5, 0.6) is 5.88 Å². The molecule has 0 saturated carbocycles. The SMILES string of the molecule is COc1cccc(NC(CCN)C(C)(C)C)n1. The van der Waals surface area contributed by atoms with E-state index in [1.807, 2.05) is 18.2 Å². The molecular weight excluding hydrogens is 214 g/mol. The largest absolute Gasteiger partial charge is 0.481 e. The highest BCUT2D eigenvalue weighted by Crippen LogP contribution is 2.25. The second-order valence-electron chi connectivity index (χ2n) is 5.21. The van der Waals surface area contributed by atoms with Crippen LogP contribution >= 0.6 is 0 Å². The van der Waals surface area contributed by atoms with E-state index in [0.717, 1.165) is 12.2 Å². The first-order chi connectivity index (χ1) is 7.97. The van der Waals surface area contributed by atoms with E-state index in [1.54, 1.807) is 7.11 Å². The first-order valence-corrected chi connectivity index (χ1v) is 5.95. The molecular formula is C13H23N3O. The molecule has 1 atom stereocenters. The maximum absolute atomic E-state index is 5.65. The van der Waals surface area contributed by atoms with Crippen LogP contribution in [0.15, 0.2) is 18.2 Å². The number of anilines is 1. The van der Waals surface area contributed by atoms with Gasteiger partial charge in [0, 0.05) is 12.1 Å². The quantitative estimate of drug-likeness (QED) is 0.824. The number of hydrogen-bond donors (Lipinski definition) is 2. The highest BCUT2D eigenvalue weighted by Gasteiger charge is 2.24. The second kappa shape index (κ2) is 5.87. The first kappa shape index (κ1) is 13.8. The number of rotatable bonds is 5. The number of methoxy groups -OCH3 is 1. The minimum absolute atomic E-state index is 0.143. The van der Waals surface area contributed by atoms with Crippen molar-refractivity contribution in [3.8, 4) is 5.88 Å². The Labute approximate surface area is 104 Å². The van der Waals surface area contributed by atoms with E-state index >= 15 is 0 Å². The molecule has 0 spiro atoms. The third kappa shape index (κ3) is 4.23. The van der Waals surface area contributed by atoms with Gasteiger partial charge in [0.05, 0.1) is 7.11 Å². The lowest BCUT2D eigenvalue weighted by atomic mass is 9.85. The molecule has 1 heterocycles. The molecule has 0 aliphatic heterocycles. The lowest BCUT2D eigenvalue weighted by Crippen LogP contribution is -2.36. The van der Waals surface area contributed by atoms with E-state index in [2.05, 4.69) is 31.1 Å². The normalized spacial score (nSPS) is 13.2. The van der Waals surface area contributed by atoms with Gasteiger partial charge in [0.15, 0.2) is 0 Å². The van der Waals surface area contributed by atoms with E-state index in [0.29, 0.717) is 18.5 Å². The van der Waals surface area contributed by atoms with Gasteiger partial charge in [-0.15, -0.1) is 0 Å². The summed E-state index contributed by atoms with van der Waals surface area (Å²) in [5, 5.41) is 3.42. The van der Waals surface area contributed by atoms with Gasteiger partial charge in [0.25, 0.3) is 0 Å². The number of pyridine rings is 1. The monoisotopic (exact) mass is 237 g/mol. The minimum atomic E-state index is 0.143. The summed E-state index contributed by atoms with van der Waals surface area (Å²) in [7, 11) is 1.62. The van der Waals surface area contributed by atoms with E-state index in [1.165, 1.54) is 0 Å². The number of ether oxygens (including phenoxy) is 1. The Kier molecular flexibility index (Phi) is 4.75. The molecule has 0 radical (unpaired) electrons. The van der Waals surface area contributed by atoms with Crippen LogP contribution in [0, 0.1) is 5.41 Å². The Bertz CT molecular complexity index is 347. The molecule has 0 aliphatic carbocycles. The molecule has 1 unspecified atom stereocenters. The van der Waals surface area contributed by atoms with E-state index in [9.17, 15) is 0 Å². The Morgan fingerprint density at radius 2 is 2.12 bits per heavy atom. The molecule has 0 aliphatic rings. The fraction of sp³-hybridized carbons (Fsp3) is 0.615. The van der Waals surface area contributed by atoms with Crippen LogP contribution in [0.2, 0.25) is 0 Å². The maximum atomic E-state index is 5.65. The van der Waals surface area contributed by atoms with Crippen molar-refractivity contribution in [2.75, 3.05) is 19.0 Å². The maximum Gasteiger partial charge on any atom is 0.214 e. The smallest absolute Gasteiger partial charge is 0.214 e. The number of nitrogens with two attached hydrogens (primary N) is 1.